The van der Waals surface area contributed by atoms with Crippen LogP contribution in [0.3, 0.4) is 0 Å². The van der Waals surface area contributed by atoms with Gasteiger partial charge in [0.15, 0.2) is 11.5 Å². The van der Waals surface area contributed by atoms with Crippen molar-refractivity contribution in [3.05, 3.63) is 53.1 Å². The van der Waals surface area contributed by atoms with Gasteiger partial charge in [0.25, 0.3) is 0 Å². The normalized spacial score (nSPS) is 19.2. The van der Waals surface area contributed by atoms with Crippen LogP contribution in [0.25, 0.3) is 0 Å². The summed E-state index contributed by atoms with van der Waals surface area (Å²) in [6.07, 6.45) is 0. The number of para-hydroxylation sites is 1. The third-order valence-corrected chi connectivity index (χ3v) is 5.23. The van der Waals surface area contributed by atoms with Gasteiger partial charge < -0.3 is 14.4 Å². The number of rotatable bonds is 3. The van der Waals surface area contributed by atoms with Gasteiger partial charge in [0.1, 0.15) is 6.07 Å². The minimum atomic E-state index is 0.00852. The molecule has 2 aromatic carbocycles. The van der Waals surface area contributed by atoms with Crippen LogP contribution in [-0.2, 0) is 11.3 Å². The molecule has 0 N–H and O–H groups in total. The first-order valence-corrected chi connectivity index (χ1v) is 8.99. The van der Waals surface area contributed by atoms with E-state index in [2.05, 4.69) is 17.9 Å². The van der Waals surface area contributed by atoms with Crippen molar-refractivity contribution in [2.24, 2.45) is 0 Å². The fourth-order valence-corrected chi connectivity index (χ4v) is 3.62. The van der Waals surface area contributed by atoms with Gasteiger partial charge in [0.2, 0.25) is 12.7 Å². The van der Waals surface area contributed by atoms with Crippen LogP contribution in [0, 0.1) is 18.3 Å². The largest absolute Gasteiger partial charge is 0.454 e. The fraction of sp³-hybridized carbons (Fsp3) is 0.333. The van der Waals surface area contributed by atoms with E-state index in [0.29, 0.717) is 30.9 Å². The molecule has 4 rings (SSSR count). The van der Waals surface area contributed by atoms with Crippen LogP contribution in [0.2, 0.25) is 0 Å². The highest BCUT2D eigenvalue weighted by Crippen LogP contribution is 2.35. The van der Waals surface area contributed by atoms with Gasteiger partial charge >= 0.3 is 0 Å². The number of amides is 1. The van der Waals surface area contributed by atoms with E-state index in [4.69, 9.17) is 9.47 Å². The fourth-order valence-electron chi connectivity index (χ4n) is 3.62. The molecule has 0 radical (unpaired) electrons. The Bertz CT molecular complexity index is 935. The molecule has 6 heteroatoms. The quantitative estimate of drug-likeness (QED) is 0.839. The Morgan fingerprint density at radius 3 is 2.74 bits per heavy atom. The summed E-state index contributed by atoms with van der Waals surface area (Å²) in [5.41, 5.74) is 3.47. The van der Waals surface area contributed by atoms with E-state index in [9.17, 15) is 10.1 Å². The summed E-state index contributed by atoms with van der Waals surface area (Å²) >= 11 is 0. The van der Waals surface area contributed by atoms with Crippen molar-refractivity contribution in [2.75, 3.05) is 24.8 Å². The Hall–Kier alpha value is -3.04. The van der Waals surface area contributed by atoms with Crippen LogP contribution in [0.1, 0.15) is 23.6 Å². The van der Waals surface area contributed by atoms with E-state index >= 15 is 0 Å². The van der Waals surface area contributed by atoms with Gasteiger partial charge in [-0.2, -0.15) is 5.26 Å². The molecule has 0 aliphatic carbocycles. The molecular formula is C21H21N3O3. The first-order chi connectivity index (χ1) is 13.1. The summed E-state index contributed by atoms with van der Waals surface area (Å²) < 4.78 is 10.9. The molecule has 1 atom stereocenters. The summed E-state index contributed by atoms with van der Waals surface area (Å²) in [7, 11) is 0. The second-order valence-electron chi connectivity index (χ2n) is 7.02. The average Bonchev–Trinajstić information content (AvgIpc) is 3.11. The molecule has 1 saturated heterocycles. The van der Waals surface area contributed by atoms with Crippen molar-refractivity contribution in [3.63, 3.8) is 0 Å². The Labute approximate surface area is 158 Å². The van der Waals surface area contributed by atoms with Crippen molar-refractivity contribution in [3.8, 4) is 17.6 Å². The lowest BCUT2D eigenvalue weighted by atomic mass is 10.0. The maximum absolute atomic E-state index is 12.8. The summed E-state index contributed by atoms with van der Waals surface area (Å²) in [6, 6.07) is 13.6. The molecule has 2 aliphatic heterocycles. The molecule has 0 aromatic heterocycles. The number of nitriles is 1. The Morgan fingerprint density at radius 2 is 1.96 bits per heavy atom. The van der Waals surface area contributed by atoms with Crippen molar-refractivity contribution in [2.45, 2.75) is 26.4 Å². The predicted octanol–water partition coefficient (Wildman–Crippen LogP) is 2.83. The number of carbonyl (C=O) groups is 1. The maximum Gasteiger partial charge on any atom is 0.241 e. The SMILES string of the molecule is Cc1cc2c(cc1CN1CC(=O)N(c3ccccc3C#N)C[C@@H]1C)OCO2. The molecule has 2 aliphatic rings. The number of nitrogens with zero attached hydrogens (tertiary/aromatic N) is 3. The Balaban J connectivity index is 1.53. The van der Waals surface area contributed by atoms with Gasteiger partial charge in [0, 0.05) is 19.1 Å². The molecule has 1 fully saturated rings. The highest BCUT2D eigenvalue weighted by Gasteiger charge is 2.32. The second-order valence-corrected chi connectivity index (χ2v) is 7.02. The number of anilines is 1. The summed E-state index contributed by atoms with van der Waals surface area (Å²) in [6.45, 7) is 5.95. The molecular weight excluding hydrogens is 342 g/mol. The van der Waals surface area contributed by atoms with Gasteiger partial charge in [0.05, 0.1) is 17.8 Å². The molecule has 138 valence electrons. The van der Waals surface area contributed by atoms with Gasteiger partial charge in [-0.15, -0.1) is 0 Å². The zero-order valence-corrected chi connectivity index (χ0v) is 15.4. The average molecular weight is 363 g/mol. The summed E-state index contributed by atoms with van der Waals surface area (Å²) in [5, 5.41) is 9.34. The van der Waals surface area contributed by atoms with Crippen LogP contribution in [0.5, 0.6) is 11.5 Å². The van der Waals surface area contributed by atoms with Gasteiger partial charge in [-0.05, 0) is 49.2 Å². The standard InChI is InChI=1S/C21H21N3O3/c1-14-7-19-20(27-13-26-19)8-17(14)11-23-12-21(25)24(10-15(23)2)18-6-4-3-5-16(18)9-22/h3-8,15H,10-13H2,1-2H3/t15-/m0/s1. The first-order valence-electron chi connectivity index (χ1n) is 8.99. The topological polar surface area (TPSA) is 65.8 Å². The summed E-state index contributed by atoms with van der Waals surface area (Å²) in [5.74, 6) is 1.55. The molecule has 2 aromatic rings. The van der Waals surface area contributed by atoms with Crippen molar-refractivity contribution in [1.29, 1.82) is 5.26 Å². The maximum atomic E-state index is 12.8. The third kappa shape index (κ3) is 3.22. The van der Waals surface area contributed by atoms with E-state index in [0.717, 1.165) is 22.6 Å². The molecule has 2 heterocycles. The van der Waals surface area contributed by atoms with E-state index in [-0.39, 0.29) is 18.7 Å². The Morgan fingerprint density at radius 1 is 1.22 bits per heavy atom. The number of benzene rings is 2. The molecule has 1 amide bonds. The Kier molecular flexibility index (Phi) is 4.46. The number of ether oxygens (including phenoxy) is 2. The number of fused-ring (bicyclic) bond motifs is 1. The minimum absolute atomic E-state index is 0.00852. The lowest BCUT2D eigenvalue weighted by molar-refractivity contribution is -0.122. The zero-order chi connectivity index (χ0) is 19.0. The molecule has 0 saturated carbocycles. The van der Waals surface area contributed by atoms with E-state index in [1.165, 1.54) is 0 Å². The lowest BCUT2D eigenvalue weighted by Crippen LogP contribution is -2.55. The van der Waals surface area contributed by atoms with Gasteiger partial charge in [-0.1, -0.05) is 12.1 Å². The van der Waals surface area contributed by atoms with Crippen LogP contribution in [-0.4, -0.2) is 36.7 Å². The number of aryl methyl sites for hydroxylation is 1. The van der Waals surface area contributed by atoms with Crippen LogP contribution in [0.4, 0.5) is 5.69 Å². The minimum Gasteiger partial charge on any atom is -0.454 e. The van der Waals surface area contributed by atoms with E-state index < -0.39 is 0 Å². The van der Waals surface area contributed by atoms with Gasteiger partial charge in [-0.3, -0.25) is 9.69 Å². The van der Waals surface area contributed by atoms with Crippen LogP contribution in [0.15, 0.2) is 36.4 Å². The summed E-state index contributed by atoms with van der Waals surface area (Å²) in [4.78, 5) is 16.7. The number of piperazine rings is 1. The molecule has 6 nitrogen and oxygen atoms in total. The third-order valence-electron chi connectivity index (χ3n) is 5.23. The highest BCUT2D eigenvalue weighted by molar-refractivity contribution is 5.96. The molecule has 0 bridgehead atoms. The second kappa shape index (κ2) is 6.93. The monoisotopic (exact) mass is 363 g/mol. The predicted molar refractivity (Wildman–Crippen MR) is 101 cm³/mol. The van der Waals surface area contributed by atoms with Crippen LogP contribution >= 0.6 is 0 Å². The lowest BCUT2D eigenvalue weighted by Gasteiger charge is -2.39. The first kappa shape index (κ1) is 17.4. The highest BCUT2D eigenvalue weighted by atomic mass is 16.7. The van der Waals surface area contributed by atoms with Crippen molar-refractivity contribution >= 4 is 11.6 Å². The van der Waals surface area contributed by atoms with E-state index in [1.807, 2.05) is 37.3 Å². The van der Waals surface area contributed by atoms with Crippen molar-refractivity contribution in [1.82, 2.24) is 4.90 Å². The molecule has 0 unspecified atom stereocenters. The zero-order valence-electron chi connectivity index (χ0n) is 15.4. The smallest absolute Gasteiger partial charge is 0.241 e. The number of carbonyl (C=O) groups excluding carboxylic acids is 1. The molecule has 0 spiro atoms. The van der Waals surface area contributed by atoms with E-state index in [1.54, 1.807) is 11.0 Å². The molecule has 27 heavy (non-hydrogen) atoms. The van der Waals surface area contributed by atoms with Gasteiger partial charge in [-0.25, -0.2) is 0 Å². The number of hydrogen-bond acceptors (Lipinski definition) is 5. The van der Waals surface area contributed by atoms with Crippen molar-refractivity contribution < 1.29 is 14.3 Å². The number of hydrogen-bond donors (Lipinski definition) is 0. The van der Waals surface area contributed by atoms with Crippen LogP contribution < -0.4 is 14.4 Å².